The standard InChI is InChI=1S/C24H27N3O4/c1-24(2,3)26(16-18-10-6-4-7-11-18)22(29)17-31-23(30)20-14-15-21(28)27(25-20)19-12-8-5-9-13-19/h4-14,25H,15-17H2,1-3H3. The summed E-state index contributed by atoms with van der Waals surface area (Å²) in [6.07, 6.45) is 1.53. The van der Waals surface area contributed by atoms with Crippen LogP contribution < -0.4 is 10.4 Å². The summed E-state index contributed by atoms with van der Waals surface area (Å²) in [5, 5.41) is 1.30. The molecule has 0 saturated heterocycles. The van der Waals surface area contributed by atoms with E-state index in [9.17, 15) is 14.4 Å². The molecule has 3 rings (SSSR count). The van der Waals surface area contributed by atoms with Crippen molar-refractivity contribution in [2.75, 3.05) is 11.6 Å². The predicted octanol–water partition coefficient (Wildman–Crippen LogP) is 3.18. The van der Waals surface area contributed by atoms with Crippen molar-refractivity contribution in [3.8, 4) is 0 Å². The van der Waals surface area contributed by atoms with Crippen molar-refractivity contribution in [3.63, 3.8) is 0 Å². The van der Waals surface area contributed by atoms with Crippen molar-refractivity contribution >= 4 is 23.5 Å². The van der Waals surface area contributed by atoms with E-state index in [0.717, 1.165) is 5.56 Å². The topological polar surface area (TPSA) is 79.0 Å². The van der Waals surface area contributed by atoms with Crippen molar-refractivity contribution in [3.05, 3.63) is 78.0 Å². The highest BCUT2D eigenvalue weighted by atomic mass is 16.5. The summed E-state index contributed by atoms with van der Waals surface area (Å²) in [4.78, 5) is 39.3. The van der Waals surface area contributed by atoms with E-state index in [1.54, 1.807) is 29.2 Å². The molecule has 31 heavy (non-hydrogen) atoms. The Hall–Kier alpha value is -3.61. The minimum Gasteiger partial charge on any atom is -0.451 e. The summed E-state index contributed by atoms with van der Waals surface area (Å²) in [5.74, 6) is -1.17. The van der Waals surface area contributed by atoms with Gasteiger partial charge in [-0.15, -0.1) is 0 Å². The van der Waals surface area contributed by atoms with Crippen LogP contribution in [0.4, 0.5) is 5.69 Å². The number of hydrogen-bond donors (Lipinski definition) is 1. The van der Waals surface area contributed by atoms with E-state index in [2.05, 4.69) is 5.43 Å². The number of esters is 1. The van der Waals surface area contributed by atoms with Gasteiger partial charge in [-0.3, -0.25) is 15.0 Å². The third-order valence-electron chi connectivity index (χ3n) is 4.82. The predicted molar refractivity (Wildman–Crippen MR) is 117 cm³/mol. The van der Waals surface area contributed by atoms with Crippen LogP contribution in [-0.4, -0.2) is 34.8 Å². The smallest absolute Gasteiger partial charge is 0.356 e. The molecule has 0 atom stereocenters. The Morgan fingerprint density at radius 2 is 1.65 bits per heavy atom. The molecule has 7 nitrogen and oxygen atoms in total. The first kappa shape index (κ1) is 22.1. The van der Waals surface area contributed by atoms with Gasteiger partial charge in [-0.05, 0) is 44.5 Å². The van der Waals surface area contributed by atoms with E-state index in [4.69, 9.17) is 4.74 Å². The van der Waals surface area contributed by atoms with Gasteiger partial charge >= 0.3 is 5.97 Å². The number of carbonyl (C=O) groups excluding carboxylic acids is 3. The van der Waals surface area contributed by atoms with E-state index in [0.29, 0.717) is 12.2 Å². The number of nitrogens with one attached hydrogen (secondary N) is 1. The van der Waals surface area contributed by atoms with Crippen LogP contribution >= 0.6 is 0 Å². The van der Waals surface area contributed by atoms with Crippen LogP contribution in [0.3, 0.4) is 0 Å². The average molecular weight is 421 g/mol. The quantitative estimate of drug-likeness (QED) is 0.725. The number of ether oxygens (including phenoxy) is 1. The lowest BCUT2D eigenvalue weighted by Gasteiger charge is -2.36. The molecular formula is C24H27N3O4. The number of benzene rings is 2. The molecule has 1 N–H and O–H groups in total. The first-order chi connectivity index (χ1) is 14.8. The molecule has 0 fully saturated rings. The lowest BCUT2D eigenvalue weighted by molar-refractivity contribution is -0.152. The van der Waals surface area contributed by atoms with Crippen molar-refractivity contribution in [2.45, 2.75) is 39.3 Å². The second kappa shape index (κ2) is 9.47. The third-order valence-corrected chi connectivity index (χ3v) is 4.82. The monoisotopic (exact) mass is 421 g/mol. The minimum absolute atomic E-state index is 0.0579. The molecule has 0 spiro atoms. The molecule has 1 heterocycles. The molecule has 0 radical (unpaired) electrons. The molecule has 2 aromatic rings. The van der Waals surface area contributed by atoms with Crippen molar-refractivity contribution in [2.24, 2.45) is 0 Å². The zero-order chi connectivity index (χ0) is 22.4. The fourth-order valence-corrected chi connectivity index (χ4v) is 3.17. The molecule has 0 aromatic heterocycles. The lowest BCUT2D eigenvalue weighted by atomic mass is 10.0. The molecule has 0 unspecified atom stereocenters. The highest BCUT2D eigenvalue weighted by molar-refractivity contribution is 5.99. The molecule has 0 bridgehead atoms. The Morgan fingerprint density at radius 1 is 1.03 bits per heavy atom. The van der Waals surface area contributed by atoms with E-state index in [1.807, 2.05) is 57.2 Å². The van der Waals surface area contributed by atoms with E-state index in [-0.39, 0.29) is 30.5 Å². The van der Waals surface area contributed by atoms with Gasteiger partial charge in [0.2, 0.25) is 5.91 Å². The highest BCUT2D eigenvalue weighted by Gasteiger charge is 2.29. The third kappa shape index (κ3) is 5.72. The van der Waals surface area contributed by atoms with Gasteiger partial charge in [0.1, 0.15) is 5.70 Å². The number of amides is 2. The fraction of sp³-hybridized carbons (Fsp3) is 0.292. The maximum Gasteiger partial charge on any atom is 0.356 e. The summed E-state index contributed by atoms with van der Waals surface area (Å²) >= 11 is 0. The van der Waals surface area contributed by atoms with Gasteiger partial charge in [-0.2, -0.15) is 0 Å². The van der Waals surface area contributed by atoms with Crippen molar-refractivity contribution in [1.82, 2.24) is 10.3 Å². The Balaban J connectivity index is 1.63. The number of anilines is 1. The van der Waals surface area contributed by atoms with E-state index in [1.165, 1.54) is 11.1 Å². The summed E-state index contributed by atoms with van der Waals surface area (Å²) in [6.45, 7) is 5.83. The molecular weight excluding hydrogens is 394 g/mol. The Kier molecular flexibility index (Phi) is 6.74. The van der Waals surface area contributed by atoms with Crippen LogP contribution in [0.1, 0.15) is 32.8 Å². The second-order valence-corrected chi connectivity index (χ2v) is 8.21. The summed E-state index contributed by atoms with van der Waals surface area (Å²) < 4.78 is 5.28. The molecule has 1 aliphatic rings. The molecule has 0 aliphatic carbocycles. The van der Waals surface area contributed by atoms with Gasteiger partial charge in [-0.25, -0.2) is 9.80 Å². The molecule has 0 saturated carbocycles. The number of hydrogen-bond acceptors (Lipinski definition) is 5. The number of carbonyl (C=O) groups is 3. The Morgan fingerprint density at radius 3 is 2.26 bits per heavy atom. The summed E-state index contributed by atoms with van der Waals surface area (Å²) in [5.41, 5.74) is 4.07. The van der Waals surface area contributed by atoms with Gasteiger partial charge in [0.25, 0.3) is 5.91 Å². The van der Waals surface area contributed by atoms with Crippen LogP contribution in [0.2, 0.25) is 0 Å². The van der Waals surface area contributed by atoms with Gasteiger partial charge in [0.15, 0.2) is 6.61 Å². The van der Waals surface area contributed by atoms with E-state index < -0.39 is 11.5 Å². The van der Waals surface area contributed by atoms with E-state index >= 15 is 0 Å². The lowest BCUT2D eigenvalue weighted by Crippen LogP contribution is -2.48. The van der Waals surface area contributed by atoms with Crippen molar-refractivity contribution in [1.29, 1.82) is 0 Å². The van der Waals surface area contributed by atoms with Crippen LogP contribution in [0.15, 0.2) is 72.4 Å². The first-order valence-corrected chi connectivity index (χ1v) is 10.1. The minimum atomic E-state index is -0.685. The Bertz CT molecular complexity index is 965. The zero-order valence-electron chi connectivity index (χ0n) is 18.0. The van der Waals surface area contributed by atoms with Crippen LogP contribution in [0, 0.1) is 0 Å². The normalized spacial score (nSPS) is 13.8. The van der Waals surface area contributed by atoms with Crippen molar-refractivity contribution < 1.29 is 19.1 Å². The average Bonchev–Trinajstić information content (AvgIpc) is 2.76. The van der Waals surface area contributed by atoms with Gasteiger partial charge in [0.05, 0.1) is 5.69 Å². The van der Waals surface area contributed by atoms with Gasteiger partial charge < -0.3 is 9.64 Å². The highest BCUT2D eigenvalue weighted by Crippen LogP contribution is 2.19. The summed E-state index contributed by atoms with van der Waals surface area (Å²) in [6, 6.07) is 18.6. The molecule has 162 valence electrons. The number of rotatable bonds is 6. The van der Waals surface area contributed by atoms with Gasteiger partial charge in [0, 0.05) is 18.5 Å². The fourth-order valence-electron chi connectivity index (χ4n) is 3.17. The molecule has 1 aliphatic heterocycles. The van der Waals surface area contributed by atoms with Gasteiger partial charge in [-0.1, -0.05) is 48.5 Å². The second-order valence-electron chi connectivity index (χ2n) is 8.21. The van der Waals surface area contributed by atoms with Crippen LogP contribution in [0.5, 0.6) is 0 Å². The SMILES string of the molecule is CC(C)(C)N(Cc1ccccc1)C(=O)COC(=O)C1=CCC(=O)N(c2ccccc2)N1. The Labute approximate surface area is 182 Å². The summed E-state index contributed by atoms with van der Waals surface area (Å²) in [7, 11) is 0. The van der Waals surface area contributed by atoms with Crippen LogP contribution in [0.25, 0.3) is 0 Å². The zero-order valence-corrected chi connectivity index (χ0v) is 18.0. The number of hydrazine groups is 1. The molecule has 2 amide bonds. The molecule has 7 heteroatoms. The largest absolute Gasteiger partial charge is 0.451 e. The number of nitrogens with zero attached hydrogens (tertiary/aromatic N) is 2. The first-order valence-electron chi connectivity index (χ1n) is 10.1. The number of para-hydroxylation sites is 1. The van der Waals surface area contributed by atoms with Crippen LogP contribution in [-0.2, 0) is 25.7 Å². The molecule has 2 aromatic carbocycles. The maximum atomic E-state index is 12.9. The maximum absolute atomic E-state index is 12.9.